The van der Waals surface area contributed by atoms with E-state index in [2.05, 4.69) is 25.5 Å². The van der Waals surface area contributed by atoms with Gasteiger partial charge in [-0.3, -0.25) is 19.4 Å². The molecule has 4 atom stereocenters. The number of hydrogen-bond acceptors (Lipinski definition) is 6. The van der Waals surface area contributed by atoms with E-state index in [1.165, 1.54) is 0 Å². The minimum absolute atomic E-state index is 0.0759. The van der Waals surface area contributed by atoms with Crippen LogP contribution in [-0.2, 0) is 24.4 Å². The first-order valence-electron chi connectivity index (χ1n) is 9.22. The summed E-state index contributed by atoms with van der Waals surface area (Å²) in [5, 5.41) is 11.3. The first kappa shape index (κ1) is 17.1. The highest BCUT2D eigenvalue weighted by molar-refractivity contribution is 5.79. The van der Waals surface area contributed by atoms with Crippen molar-refractivity contribution < 1.29 is 4.79 Å². The topological polar surface area (TPSA) is 102 Å². The molecule has 2 unspecified atom stereocenters. The second kappa shape index (κ2) is 7.51. The van der Waals surface area contributed by atoms with Crippen LogP contribution in [0.3, 0.4) is 0 Å². The monoisotopic (exact) mass is 355 g/mol. The summed E-state index contributed by atoms with van der Waals surface area (Å²) < 4.78 is 1.88. The lowest BCUT2D eigenvalue weighted by atomic mass is 9.75. The Morgan fingerprint density at radius 2 is 2.35 bits per heavy atom. The van der Waals surface area contributed by atoms with Gasteiger partial charge in [0.05, 0.1) is 18.2 Å². The summed E-state index contributed by atoms with van der Waals surface area (Å²) in [5.41, 5.74) is 7.45. The fourth-order valence-corrected chi connectivity index (χ4v) is 4.19. The minimum atomic E-state index is 0.0759. The maximum absolute atomic E-state index is 12.7. The van der Waals surface area contributed by atoms with Gasteiger partial charge in [-0.2, -0.15) is 0 Å². The summed E-state index contributed by atoms with van der Waals surface area (Å²) in [7, 11) is 0. The van der Waals surface area contributed by atoms with Gasteiger partial charge in [-0.05, 0) is 36.9 Å². The Labute approximate surface area is 152 Å². The molecule has 3 N–H and O–H groups in total. The second-order valence-corrected chi connectivity index (χ2v) is 7.25. The smallest absolute Gasteiger partial charge is 0.224 e. The Kier molecular flexibility index (Phi) is 4.94. The molecule has 1 amide bonds. The van der Waals surface area contributed by atoms with E-state index in [1.54, 1.807) is 12.4 Å². The number of piperidine rings is 3. The van der Waals surface area contributed by atoms with Gasteiger partial charge in [0, 0.05) is 44.3 Å². The van der Waals surface area contributed by atoms with Gasteiger partial charge in [-0.15, -0.1) is 5.10 Å². The standard InChI is InChI=1S/C18H25N7O/c19-7-15-10-25(23-22-15)11-16-6-14-3-5-24(16)12-17(14)18(26)21-9-13-2-1-4-20-8-13/h1-2,4,8,10,14,16-17H,3,5-7,9,11-12,19H2,(H,21,26)/t14?,16-,17+/m1/s1. The van der Waals surface area contributed by atoms with Crippen LogP contribution in [0.5, 0.6) is 0 Å². The number of nitrogens with zero attached hydrogens (tertiary/aromatic N) is 5. The number of nitrogens with two attached hydrogens (primary N) is 1. The average Bonchev–Trinajstić information content (AvgIpc) is 3.15. The Morgan fingerprint density at radius 3 is 3.04 bits per heavy atom. The maximum atomic E-state index is 12.7. The summed E-state index contributed by atoms with van der Waals surface area (Å²) in [5.74, 6) is 0.677. The third-order valence-electron chi connectivity index (χ3n) is 5.60. The Morgan fingerprint density at radius 1 is 1.42 bits per heavy atom. The predicted octanol–water partition coefficient (Wildman–Crippen LogP) is 0.159. The molecule has 0 aliphatic carbocycles. The zero-order valence-electron chi connectivity index (χ0n) is 14.8. The molecule has 0 aromatic carbocycles. The lowest BCUT2D eigenvalue weighted by Crippen LogP contribution is -2.58. The number of carbonyl (C=O) groups excluding carboxylic acids is 1. The van der Waals surface area contributed by atoms with Crippen LogP contribution in [0.2, 0.25) is 0 Å². The van der Waals surface area contributed by atoms with E-state index in [9.17, 15) is 4.79 Å². The minimum Gasteiger partial charge on any atom is -0.352 e. The van der Waals surface area contributed by atoms with Gasteiger partial charge in [-0.25, -0.2) is 0 Å². The van der Waals surface area contributed by atoms with E-state index in [4.69, 9.17) is 5.73 Å². The largest absolute Gasteiger partial charge is 0.352 e. The zero-order chi connectivity index (χ0) is 17.9. The summed E-state index contributed by atoms with van der Waals surface area (Å²) in [6.07, 6.45) is 7.57. The van der Waals surface area contributed by atoms with E-state index >= 15 is 0 Å². The molecule has 3 saturated heterocycles. The van der Waals surface area contributed by atoms with E-state index < -0.39 is 0 Å². The molecule has 2 bridgehead atoms. The molecule has 138 valence electrons. The van der Waals surface area contributed by atoms with Crippen LogP contribution in [0.4, 0.5) is 0 Å². The Bertz CT molecular complexity index is 747. The second-order valence-electron chi connectivity index (χ2n) is 7.25. The molecule has 8 nitrogen and oxygen atoms in total. The van der Waals surface area contributed by atoms with Crippen LogP contribution < -0.4 is 11.1 Å². The molecule has 3 aliphatic rings. The molecule has 26 heavy (non-hydrogen) atoms. The van der Waals surface area contributed by atoms with Crippen molar-refractivity contribution in [1.29, 1.82) is 0 Å². The summed E-state index contributed by atoms with van der Waals surface area (Å²) >= 11 is 0. The number of hydrogen-bond donors (Lipinski definition) is 2. The van der Waals surface area contributed by atoms with E-state index in [-0.39, 0.29) is 11.8 Å². The lowest BCUT2D eigenvalue weighted by molar-refractivity contribution is -0.133. The van der Waals surface area contributed by atoms with Crippen molar-refractivity contribution in [2.45, 2.75) is 38.5 Å². The van der Waals surface area contributed by atoms with Crippen LogP contribution >= 0.6 is 0 Å². The maximum Gasteiger partial charge on any atom is 0.224 e. The first-order valence-corrected chi connectivity index (χ1v) is 9.22. The van der Waals surface area contributed by atoms with E-state index in [0.29, 0.717) is 25.0 Å². The highest BCUT2D eigenvalue weighted by Crippen LogP contribution is 2.36. The fraction of sp³-hybridized carbons (Fsp3) is 0.556. The van der Waals surface area contributed by atoms with Crippen molar-refractivity contribution in [3.63, 3.8) is 0 Å². The van der Waals surface area contributed by atoms with E-state index in [1.807, 2.05) is 23.0 Å². The van der Waals surface area contributed by atoms with Crippen LogP contribution in [0, 0.1) is 11.8 Å². The summed E-state index contributed by atoms with van der Waals surface area (Å²) in [6, 6.07) is 4.29. The van der Waals surface area contributed by atoms with Crippen molar-refractivity contribution in [3.05, 3.63) is 42.0 Å². The van der Waals surface area contributed by atoms with Gasteiger partial charge < -0.3 is 11.1 Å². The third-order valence-corrected chi connectivity index (χ3v) is 5.60. The average molecular weight is 355 g/mol. The number of rotatable bonds is 6. The van der Waals surface area contributed by atoms with Crippen molar-refractivity contribution in [1.82, 2.24) is 30.2 Å². The molecular formula is C18H25N7O. The Hall–Kier alpha value is -2.32. The first-order chi connectivity index (χ1) is 12.7. The SMILES string of the molecule is NCc1cn(C[C@H]2CC3CCN2C[C@@H]3C(=O)NCc2cccnc2)nn1. The van der Waals surface area contributed by atoms with Crippen molar-refractivity contribution in [2.24, 2.45) is 17.6 Å². The van der Waals surface area contributed by atoms with Gasteiger partial charge >= 0.3 is 0 Å². The summed E-state index contributed by atoms with van der Waals surface area (Å²) in [6.45, 7) is 3.65. The number of pyridine rings is 1. The van der Waals surface area contributed by atoms with Gasteiger partial charge in [0.1, 0.15) is 0 Å². The molecule has 2 aromatic heterocycles. The van der Waals surface area contributed by atoms with Gasteiger partial charge in [-0.1, -0.05) is 11.3 Å². The van der Waals surface area contributed by atoms with Crippen LogP contribution in [0.25, 0.3) is 0 Å². The van der Waals surface area contributed by atoms with Gasteiger partial charge in [0.2, 0.25) is 5.91 Å². The molecule has 5 heterocycles. The number of carbonyl (C=O) groups is 1. The van der Waals surface area contributed by atoms with Crippen molar-refractivity contribution in [3.8, 4) is 0 Å². The number of fused-ring (bicyclic) bond motifs is 3. The van der Waals surface area contributed by atoms with Gasteiger partial charge in [0.15, 0.2) is 0 Å². The highest BCUT2D eigenvalue weighted by Gasteiger charge is 2.43. The molecule has 0 radical (unpaired) electrons. The quantitative estimate of drug-likeness (QED) is 0.765. The normalized spacial score (nSPS) is 27.4. The molecule has 3 aliphatic heterocycles. The van der Waals surface area contributed by atoms with Crippen LogP contribution in [0.15, 0.2) is 30.7 Å². The molecule has 2 aromatic rings. The molecule has 8 heteroatoms. The van der Waals surface area contributed by atoms with Crippen LogP contribution in [-0.4, -0.2) is 49.9 Å². The fourth-order valence-electron chi connectivity index (χ4n) is 4.19. The highest BCUT2D eigenvalue weighted by atomic mass is 16.1. The Balaban J connectivity index is 1.33. The lowest BCUT2D eigenvalue weighted by Gasteiger charge is -2.49. The number of nitrogens with one attached hydrogen (secondary N) is 1. The summed E-state index contributed by atoms with van der Waals surface area (Å²) in [4.78, 5) is 19.2. The molecular weight excluding hydrogens is 330 g/mol. The molecule has 3 fully saturated rings. The van der Waals surface area contributed by atoms with Gasteiger partial charge in [0.25, 0.3) is 0 Å². The van der Waals surface area contributed by atoms with Crippen molar-refractivity contribution in [2.75, 3.05) is 13.1 Å². The molecule has 0 spiro atoms. The van der Waals surface area contributed by atoms with Crippen LogP contribution in [0.1, 0.15) is 24.1 Å². The molecule has 5 rings (SSSR count). The van der Waals surface area contributed by atoms with Crippen molar-refractivity contribution >= 4 is 5.91 Å². The number of amides is 1. The molecule has 0 saturated carbocycles. The zero-order valence-corrected chi connectivity index (χ0v) is 14.8. The predicted molar refractivity (Wildman–Crippen MR) is 95.6 cm³/mol. The third kappa shape index (κ3) is 3.61. The van der Waals surface area contributed by atoms with E-state index in [0.717, 1.165) is 43.7 Å². The number of aromatic nitrogens is 4.